The van der Waals surface area contributed by atoms with Crippen molar-refractivity contribution in [3.05, 3.63) is 12.2 Å². The van der Waals surface area contributed by atoms with Crippen molar-refractivity contribution in [2.45, 2.75) is 6.92 Å². The van der Waals surface area contributed by atoms with Crippen LogP contribution in [0.2, 0.25) is 0 Å². The van der Waals surface area contributed by atoms with Crippen LogP contribution in [0.3, 0.4) is 0 Å². The van der Waals surface area contributed by atoms with E-state index >= 15 is 0 Å². The molecular formula is C9H15NO4. The summed E-state index contributed by atoms with van der Waals surface area (Å²) >= 11 is 0. The van der Waals surface area contributed by atoms with E-state index in [1.54, 1.807) is 25.9 Å². The van der Waals surface area contributed by atoms with Crippen LogP contribution < -0.4 is 0 Å². The zero-order valence-corrected chi connectivity index (χ0v) is 8.70. The molecule has 0 N–H and O–H groups in total. The van der Waals surface area contributed by atoms with Crippen molar-refractivity contribution < 1.29 is 19.1 Å². The molecule has 0 radical (unpaired) electrons. The van der Waals surface area contributed by atoms with Gasteiger partial charge in [-0.05, 0) is 21.0 Å². The minimum atomic E-state index is -0.753. The summed E-state index contributed by atoms with van der Waals surface area (Å²) in [5, 5.41) is 0. The van der Waals surface area contributed by atoms with Gasteiger partial charge in [0.25, 0.3) is 0 Å². The number of nitrogens with zero attached hydrogens (tertiary/aromatic N) is 1. The van der Waals surface area contributed by atoms with E-state index in [1.165, 1.54) is 0 Å². The molecule has 0 spiro atoms. The zero-order chi connectivity index (χ0) is 11.1. The topological polar surface area (TPSA) is 55.8 Å². The smallest absolute Gasteiger partial charge is 0.346 e. The first-order valence-electron chi connectivity index (χ1n) is 4.17. The van der Waals surface area contributed by atoms with Gasteiger partial charge in [-0.3, -0.25) is 4.90 Å². The summed E-state index contributed by atoms with van der Waals surface area (Å²) in [6.45, 7) is 5.25. The van der Waals surface area contributed by atoms with Crippen molar-refractivity contribution in [3.8, 4) is 0 Å². The molecule has 0 atom stereocenters. The minimum absolute atomic E-state index is 0.108. The maximum Gasteiger partial charge on any atom is 0.346 e. The van der Waals surface area contributed by atoms with Gasteiger partial charge in [-0.2, -0.15) is 0 Å². The van der Waals surface area contributed by atoms with E-state index in [0.29, 0.717) is 0 Å². The van der Waals surface area contributed by atoms with Crippen LogP contribution in [0.4, 0.5) is 0 Å². The first kappa shape index (κ1) is 12.6. The van der Waals surface area contributed by atoms with Crippen molar-refractivity contribution in [2.75, 3.05) is 27.4 Å². The Kier molecular flexibility index (Phi) is 5.55. The molecule has 0 fully saturated rings. The fraction of sp³-hybridized carbons (Fsp3) is 0.556. The quantitative estimate of drug-likeness (QED) is 0.209. The number of hydrogen-bond acceptors (Lipinski definition) is 5. The molecule has 0 unspecified atom stereocenters. The molecule has 14 heavy (non-hydrogen) atoms. The molecule has 0 amide bonds. The van der Waals surface area contributed by atoms with E-state index < -0.39 is 11.9 Å². The molecule has 0 aromatic rings. The Balaban J connectivity index is 4.00. The number of hydrogen-bond donors (Lipinski definition) is 0. The third-order valence-electron chi connectivity index (χ3n) is 1.22. The fourth-order valence-corrected chi connectivity index (χ4v) is 0.576. The lowest BCUT2D eigenvalue weighted by Crippen LogP contribution is -2.23. The third-order valence-corrected chi connectivity index (χ3v) is 1.22. The third kappa shape index (κ3) is 4.61. The molecule has 0 aliphatic rings. The number of ether oxygens (including phenoxy) is 2. The second kappa shape index (κ2) is 6.15. The Bertz CT molecular complexity index is 235. The lowest BCUT2D eigenvalue weighted by atomic mass is 10.3. The summed E-state index contributed by atoms with van der Waals surface area (Å²) in [7, 11) is 3.47. The number of rotatable bonds is 5. The van der Waals surface area contributed by atoms with Crippen LogP contribution in [-0.4, -0.2) is 44.3 Å². The highest BCUT2D eigenvalue weighted by Gasteiger charge is 2.18. The summed E-state index contributed by atoms with van der Waals surface area (Å²) in [6, 6.07) is 0. The number of carbonyl (C=O) groups is 2. The molecule has 0 aliphatic carbocycles. The van der Waals surface area contributed by atoms with E-state index in [4.69, 9.17) is 4.74 Å². The van der Waals surface area contributed by atoms with Crippen LogP contribution >= 0.6 is 0 Å². The summed E-state index contributed by atoms with van der Waals surface area (Å²) in [6.07, 6.45) is 0. The van der Waals surface area contributed by atoms with Gasteiger partial charge in [-0.1, -0.05) is 6.58 Å². The Labute approximate surface area is 83.3 Å². The van der Waals surface area contributed by atoms with Crippen molar-refractivity contribution in [2.24, 2.45) is 0 Å². The van der Waals surface area contributed by atoms with Crippen LogP contribution in [0, 0.1) is 0 Å². The Morgan fingerprint density at radius 2 is 1.71 bits per heavy atom. The lowest BCUT2D eigenvalue weighted by Gasteiger charge is -2.10. The fourth-order valence-electron chi connectivity index (χ4n) is 0.576. The van der Waals surface area contributed by atoms with Crippen molar-refractivity contribution in [1.29, 1.82) is 0 Å². The Morgan fingerprint density at radius 1 is 1.21 bits per heavy atom. The monoisotopic (exact) mass is 201 g/mol. The van der Waals surface area contributed by atoms with E-state index in [2.05, 4.69) is 11.3 Å². The SMILES string of the molecule is C=C(C(=O)OCC)C(=O)OCN(C)C. The second-order valence-corrected chi connectivity index (χ2v) is 2.84. The van der Waals surface area contributed by atoms with Crippen LogP contribution in [0.15, 0.2) is 12.2 Å². The van der Waals surface area contributed by atoms with Gasteiger partial charge in [0.2, 0.25) is 0 Å². The first-order chi connectivity index (χ1) is 6.49. The number of esters is 2. The molecular weight excluding hydrogens is 186 g/mol. The van der Waals surface area contributed by atoms with Gasteiger partial charge in [0.1, 0.15) is 12.3 Å². The maximum absolute atomic E-state index is 11.1. The highest BCUT2D eigenvalue weighted by Crippen LogP contribution is 1.98. The average molecular weight is 201 g/mol. The van der Waals surface area contributed by atoms with Crippen molar-refractivity contribution in [1.82, 2.24) is 4.90 Å². The molecule has 5 heteroatoms. The van der Waals surface area contributed by atoms with Crippen LogP contribution in [0.1, 0.15) is 6.92 Å². The van der Waals surface area contributed by atoms with E-state index in [0.717, 1.165) is 0 Å². The first-order valence-corrected chi connectivity index (χ1v) is 4.17. The predicted octanol–water partition coefficient (Wildman–Crippen LogP) is 0.168. The van der Waals surface area contributed by atoms with Crippen LogP contribution in [0.25, 0.3) is 0 Å². The molecule has 0 aromatic carbocycles. The highest BCUT2D eigenvalue weighted by molar-refractivity contribution is 6.13. The van der Waals surface area contributed by atoms with Gasteiger partial charge < -0.3 is 9.47 Å². The molecule has 0 rings (SSSR count). The lowest BCUT2D eigenvalue weighted by molar-refractivity contribution is -0.149. The van der Waals surface area contributed by atoms with E-state index in [1.807, 2.05) is 0 Å². The minimum Gasteiger partial charge on any atom is -0.462 e. The van der Waals surface area contributed by atoms with Crippen LogP contribution in [-0.2, 0) is 19.1 Å². The molecule has 0 saturated carbocycles. The van der Waals surface area contributed by atoms with E-state index in [-0.39, 0.29) is 18.9 Å². The summed E-state index contributed by atoms with van der Waals surface area (Å²) in [4.78, 5) is 23.8. The highest BCUT2D eigenvalue weighted by atomic mass is 16.6. The zero-order valence-electron chi connectivity index (χ0n) is 8.70. The summed E-state index contributed by atoms with van der Waals surface area (Å²) < 4.78 is 9.30. The van der Waals surface area contributed by atoms with Gasteiger partial charge in [-0.15, -0.1) is 0 Å². The largest absolute Gasteiger partial charge is 0.462 e. The molecule has 0 aromatic heterocycles. The average Bonchev–Trinajstić information content (AvgIpc) is 2.13. The maximum atomic E-state index is 11.1. The molecule has 0 bridgehead atoms. The Hall–Kier alpha value is -1.36. The van der Waals surface area contributed by atoms with Crippen molar-refractivity contribution in [3.63, 3.8) is 0 Å². The Morgan fingerprint density at radius 3 is 2.14 bits per heavy atom. The normalized spacial score (nSPS) is 9.71. The number of carbonyl (C=O) groups excluding carboxylic acids is 2. The molecule has 5 nitrogen and oxygen atoms in total. The van der Waals surface area contributed by atoms with Gasteiger partial charge in [-0.25, -0.2) is 9.59 Å². The molecule has 0 saturated heterocycles. The molecule has 0 aliphatic heterocycles. The van der Waals surface area contributed by atoms with Gasteiger partial charge >= 0.3 is 11.9 Å². The molecule has 80 valence electrons. The van der Waals surface area contributed by atoms with Gasteiger partial charge in [0.15, 0.2) is 0 Å². The standard InChI is InChI=1S/C9H15NO4/c1-5-13-8(11)7(2)9(12)14-6-10(3)4/h2,5-6H2,1,3-4H3. The van der Waals surface area contributed by atoms with E-state index in [9.17, 15) is 9.59 Å². The van der Waals surface area contributed by atoms with Crippen molar-refractivity contribution >= 4 is 11.9 Å². The van der Waals surface area contributed by atoms with Gasteiger partial charge in [0.05, 0.1) is 6.61 Å². The second-order valence-electron chi connectivity index (χ2n) is 2.84. The summed E-state index contributed by atoms with van der Waals surface area (Å²) in [5.74, 6) is -1.49. The predicted molar refractivity (Wildman–Crippen MR) is 50.4 cm³/mol. The van der Waals surface area contributed by atoms with Gasteiger partial charge in [0, 0.05) is 0 Å². The summed E-state index contributed by atoms with van der Waals surface area (Å²) in [5.41, 5.74) is -0.284. The molecule has 0 heterocycles. The van der Waals surface area contributed by atoms with Crippen LogP contribution in [0.5, 0.6) is 0 Å².